The van der Waals surface area contributed by atoms with E-state index in [4.69, 9.17) is 0 Å². The quantitative estimate of drug-likeness (QED) is 0.796. The molecule has 136 valence electrons. The van der Waals surface area contributed by atoms with Gasteiger partial charge in [-0.1, -0.05) is 15.9 Å². The zero-order valence-electron chi connectivity index (χ0n) is 13.8. The number of likely N-dealkylation sites (tertiary alicyclic amines) is 1. The molecule has 0 bridgehead atoms. The van der Waals surface area contributed by atoms with Gasteiger partial charge in [-0.25, -0.2) is 4.39 Å². The van der Waals surface area contributed by atoms with Crippen molar-refractivity contribution in [3.8, 4) is 0 Å². The van der Waals surface area contributed by atoms with Crippen molar-refractivity contribution in [1.29, 1.82) is 0 Å². The van der Waals surface area contributed by atoms with Gasteiger partial charge in [0.05, 0.1) is 23.0 Å². The van der Waals surface area contributed by atoms with Crippen LogP contribution in [0.1, 0.15) is 22.5 Å². The van der Waals surface area contributed by atoms with Crippen LogP contribution in [0.3, 0.4) is 0 Å². The second-order valence-corrected chi connectivity index (χ2v) is 7.50. The van der Waals surface area contributed by atoms with Gasteiger partial charge < -0.3 is 19.9 Å². The van der Waals surface area contributed by atoms with Crippen LogP contribution in [0.4, 0.5) is 15.8 Å². The monoisotopic (exact) mass is 421 g/mol. The van der Waals surface area contributed by atoms with Gasteiger partial charge in [-0.05, 0) is 31.0 Å². The number of fused-ring (bicyclic) bond motifs is 1. The molecule has 1 aromatic carbocycles. The summed E-state index contributed by atoms with van der Waals surface area (Å²) in [6, 6.07) is 5.89. The molecule has 1 amide bonds. The van der Waals surface area contributed by atoms with E-state index in [-0.39, 0.29) is 30.2 Å². The molecule has 0 atom stereocenters. The van der Waals surface area contributed by atoms with E-state index >= 15 is 0 Å². The minimum Gasteiger partial charge on any atom is -0.389 e. The van der Waals surface area contributed by atoms with Crippen LogP contribution in [0.2, 0.25) is 0 Å². The third-order valence-corrected chi connectivity index (χ3v) is 5.27. The molecule has 4 rings (SSSR count). The normalized spacial score (nSPS) is 16.3. The molecular weight excluding hydrogens is 405 g/mol. The number of nitrogens with zero attached hydrogens (tertiary/aromatic N) is 2. The second-order valence-electron chi connectivity index (χ2n) is 6.59. The molecule has 0 saturated carbocycles. The number of carbonyl (C=O) groups is 1. The molecule has 1 saturated heterocycles. The molecule has 0 aliphatic carbocycles. The fraction of sp³-hybridized carbons (Fsp3) is 0.333. The van der Waals surface area contributed by atoms with E-state index in [9.17, 15) is 19.1 Å². The van der Waals surface area contributed by atoms with Gasteiger partial charge in [0.2, 0.25) is 0 Å². The maximum absolute atomic E-state index is 14.2. The number of nitrogens with one attached hydrogen (secondary N) is 1. The van der Waals surface area contributed by atoms with Gasteiger partial charge in [-0.2, -0.15) is 0 Å². The molecule has 0 spiro atoms. The van der Waals surface area contributed by atoms with Crippen molar-refractivity contribution < 1.29 is 14.3 Å². The van der Waals surface area contributed by atoms with Crippen LogP contribution in [0.25, 0.3) is 0 Å². The summed E-state index contributed by atoms with van der Waals surface area (Å²) in [5, 5.41) is 12.4. The Bertz CT molecular complexity index is 953. The Balaban J connectivity index is 1.79. The van der Waals surface area contributed by atoms with Crippen molar-refractivity contribution >= 4 is 33.2 Å². The van der Waals surface area contributed by atoms with E-state index in [1.165, 1.54) is 17.0 Å². The summed E-state index contributed by atoms with van der Waals surface area (Å²) in [7, 11) is 0. The zero-order valence-corrected chi connectivity index (χ0v) is 15.4. The fourth-order valence-corrected chi connectivity index (χ4v) is 3.79. The third-order valence-electron chi connectivity index (χ3n) is 4.78. The summed E-state index contributed by atoms with van der Waals surface area (Å²) in [6.45, 7) is 1.11. The lowest BCUT2D eigenvalue weighted by molar-refractivity contribution is 0.00584. The molecule has 6 nitrogen and oxygen atoms in total. The lowest BCUT2D eigenvalue weighted by Gasteiger charge is -2.36. The standard InChI is InChI=1S/C18H17BrFN3O3/c19-10-3-4-13(12(20)6-10)21-14-7-16(25)23-5-1-2-15(23)17(14)18(26)22-8-11(24)9-22/h3-4,6-7,11,21,24H,1-2,5,8-9H2. The summed E-state index contributed by atoms with van der Waals surface area (Å²) in [4.78, 5) is 26.9. The largest absolute Gasteiger partial charge is 0.389 e. The highest BCUT2D eigenvalue weighted by Gasteiger charge is 2.34. The number of benzene rings is 1. The number of rotatable bonds is 3. The summed E-state index contributed by atoms with van der Waals surface area (Å²) in [5.74, 6) is -0.737. The number of aliphatic hydroxyl groups excluding tert-OH is 1. The van der Waals surface area contributed by atoms with Crippen molar-refractivity contribution in [3.63, 3.8) is 0 Å². The van der Waals surface area contributed by atoms with Crippen molar-refractivity contribution in [2.45, 2.75) is 25.5 Å². The number of aliphatic hydroxyl groups is 1. The van der Waals surface area contributed by atoms with Crippen LogP contribution in [-0.2, 0) is 13.0 Å². The van der Waals surface area contributed by atoms with Gasteiger partial charge >= 0.3 is 0 Å². The highest BCUT2D eigenvalue weighted by molar-refractivity contribution is 9.10. The maximum Gasteiger partial charge on any atom is 0.257 e. The minimum absolute atomic E-state index is 0.188. The van der Waals surface area contributed by atoms with Gasteiger partial charge in [0.25, 0.3) is 11.5 Å². The number of β-amino-alcohol motifs (C(OH)–C–C–N with tert-alkyl or cyclic N) is 1. The Kier molecular flexibility index (Phi) is 4.32. The molecule has 2 aromatic rings. The Morgan fingerprint density at radius 1 is 1.27 bits per heavy atom. The van der Waals surface area contributed by atoms with Crippen LogP contribution in [0.15, 0.2) is 33.5 Å². The van der Waals surface area contributed by atoms with Gasteiger partial charge in [0.1, 0.15) is 5.82 Å². The molecule has 3 heterocycles. The maximum atomic E-state index is 14.2. The average molecular weight is 422 g/mol. The predicted molar refractivity (Wildman–Crippen MR) is 98.3 cm³/mol. The fourth-order valence-electron chi connectivity index (χ4n) is 3.46. The van der Waals surface area contributed by atoms with Gasteiger partial charge in [-0.15, -0.1) is 0 Å². The highest BCUT2D eigenvalue weighted by Crippen LogP contribution is 2.30. The van der Waals surface area contributed by atoms with Crippen LogP contribution in [0, 0.1) is 5.82 Å². The van der Waals surface area contributed by atoms with E-state index in [0.717, 1.165) is 6.42 Å². The Morgan fingerprint density at radius 3 is 2.73 bits per heavy atom. The molecular formula is C18H17BrFN3O3. The van der Waals surface area contributed by atoms with Gasteiger partial charge in [0, 0.05) is 35.9 Å². The summed E-state index contributed by atoms with van der Waals surface area (Å²) in [5.41, 5.74) is 1.34. The van der Waals surface area contributed by atoms with E-state index in [0.29, 0.717) is 34.4 Å². The molecule has 2 aliphatic rings. The molecule has 2 aliphatic heterocycles. The molecule has 1 fully saturated rings. The Hall–Kier alpha value is -2.19. The first-order valence-electron chi connectivity index (χ1n) is 8.40. The highest BCUT2D eigenvalue weighted by atomic mass is 79.9. The third kappa shape index (κ3) is 2.93. The lowest BCUT2D eigenvalue weighted by Crippen LogP contribution is -2.53. The minimum atomic E-state index is -0.515. The number of hydrogen-bond acceptors (Lipinski definition) is 4. The average Bonchev–Trinajstić information content (AvgIpc) is 3.04. The number of aromatic nitrogens is 1. The van der Waals surface area contributed by atoms with E-state index in [1.54, 1.807) is 16.7 Å². The van der Waals surface area contributed by atoms with Crippen molar-refractivity contribution in [2.75, 3.05) is 18.4 Å². The lowest BCUT2D eigenvalue weighted by atomic mass is 10.0. The molecule has 26 heavy (non-hydrogen) atoms. The number of carbonyl (C=O) groups excluding carboxylic acids is 1. The zero-order chi connectivity index (χ0) is 18.4. The van der Waals surface area contributed by atoms with Gasteiger partial charge in [-0.3, -0.25) is 9.59 Å². The predicted octanol–water partition coefficient (Wildman–Crippen LogP) is 2.26. The van der Waals surface area contributed by atoms with Crippen LogP contribution < -0.4 is 10.9 Å². The van der Waals surface area contributed by atoms with Crippen LogP contribution >= 0.6 is 15.9 Å². The topological polar surface area (TPSA) is 74.6 Å². The molecule has 2 N–H and O–H groups in total. The molecule has 8 heteroatoms. The van der Waals surface area contributed by atoms with Gasteiger partial charge in [0.15, 0.2) is 0 Å². The Labute approximate surface area is 157 Å². The number of halogens is 2. The SMILES string of the molecule is O=C(c1c(Nc2ccc(Br)cc2F)cc(=O)n2c1CCC2)N1CC(O)C1. The number of anilines is 2. The van der Waals surface area contributed by atoms with Crippen LogP contribution in [0.5, 0.6) is 0 Å². The smallest absolute Gasteiger partial charge is 0.257 e. The van der Waals surface area contributed by atoms with Crippen molar-refractivity contribution in [3.05, 3.63) is 56.2 Å². The first-order valence-corrected chi connectivity index (χ1v) is 9.19. The summed E-state index contributed by atoms with van der Waals surface area (Å²) < 4.78 is 16.4. The summed E-state index contributed by atoms with van der Waals surface area (Å²) >= 11 is 3.21. The van der Waals surface area contributed by atoms with Crippen molar-refractivity contribution in [2.24, 2.45) is 0 Å². The molecule has 0 unspecified atom stereocenters. The molecule has 1 aromatic heterocycles. The van der Waals surface area contributed by atoms with Crippen molar-refractivity contribution in [1.82, 2.24) is 9.47 Å². The molecule has 0 radical (unpaired) electrons. The first kappa shape index (κ1) is 17.2. The van der Waals surface area contributed by atoms with E-state index < -0.39 is 11.9 Å². The number of amides is 1. The number of pyridine rings is 1. The number of hydrogen-bond donors (Lipinski definition) is 2. The van der Waals surface area contributed by atoms with E-state index in [2.05, 4.69) is 21.2 Å². The first-order chi connectivity index (χ1) is 12.4. The summed E-state index contributed by atoms with van der Waals surface area (Å²) in [6.07, 6.45) is 0.887. The van der Waals surface area contributed by atoms with E-state index in [1.807, 2.05) is 0 Å². The second kappa shape index (κ2) is 6.51. The Morgan fingerprint density at radius 2 is 2.04 bits per heavy atom. The van der Waals surface area contributed by atoms with Crippen LogP contribution in [-0.4, -0.2) is 39.7 Å².